The largest absolute Gasteiger partial charge is 0.449 e. The second kappa shape index (κ2) is 11.3. The Morgan fingerprint density at radius 2 is 1.31 bits per heavy atom. The van der Waals surface area contributed by atoms with Crippen molar-refractivity contribution in [2.45, 2.75) is 18.9 Å². The Morgan fingerprint density at radius 3 is 1.86 bits per heavy atom. The Bertz CT molecular complexity index is 1240. The standard InChI is InChI=1S/C24H19N3O8/c28-21(25-18-8-12-20(13-9-18)27(33)34)14-15-22(29)35-24(23(30)16-4-2-1-3-5-16)17-6-10-19(11-7-17)26(31)32/h1-13,24H,14-15H2,(H,25,28)/t24-/m1/s1. The fourth-order valence-electron chi connectivity index (χ4n) is 3.09. The number of carbonyl (C=O) groups excluding carboxylic acids is 3. The number of hydrogen-bond donors (Lipinski definition) is 1. The van der Waals surface area contributed by atoms with Gasteiger partial charge in [0.1, 0.15) is 0 Å². The number of nitrogens with zero attached hydrogens (tertiary/aromatic N) is 2. The average Bonchev–Trinajstić information content (AvgIpc) is 2.86. The maximum Gasteiger partial charge on any atom is 0.307 e. The molecule has 0 saturated carbocycles. The summed E-state index contributed by atoms with van der Waals surface area (Å²) in [6, 6.07) is 18.3. The lowest BCUT2D eigenvalue weighted by atomic mass is 9.99. The van der Waals surface area contributed by atoms with E-state index in [2.05, 4.69) is 5.32 Å². The third kappa shape index (κ3) is 6.78. The first-order valence-electron chi connectivity index (χ1n) is 10.3. The van der Waals surface area contributed by atoms with Crippen LogP contribution in [0.3, 0.4) is 0 Å². The first kappa shape index (κ1) is 24.7. The molecule has 3 rings (SSSR count). The van der Waals surface area contributed by atoms with Gasteiger partial charge in [-0.15, -0.1) is 0 Å². The molecule has 3 aromatic carbocycles. The normalized spacial score (nSPS) is 11.2. The van der Waals surface area contributed by atoms with Crippen molar-refractivity contribution < 1.29 is 29.0 Å². The number of Topliss-reactive ketones (excluding diaryl/α,β-unsaturated/α-hetero) is 1. The van der Waals surface area contributed by atoms with Crippen LogP contribution in [0.1, 0.15) is 34.9 Å². The predicted molar refractivity (Wildman–Crippen MR) is 124 cm³/mol. The third-order valence-electron chi connectivity index (χ3n) is 4.87. The minimum Gasteiger partial charge on any atom is -0.449 e. The predicted octanol–water partition coefficient (Wildman–Crippen LogP) is 4.39. The van der Waals surface area contributed by atoms with Gasteiger partial charge in [0.25, 0.3) is 11.4 Å². The molecule has 1 N–H and O–H groups in total. The fourth-order valence-corrected chi connectivity index (χ4v) is 3.09. The first-order chi connectivity index (χ1) is 16.7. The summed E-state index contributed by atoms with van der Waals surface area (Å²) in [7, 11) is 0. The van der Waals surface area contributed by atoms with Gasteiger partial charge < -0.3 is 10.1 Å². The van der Waals surface area contributed by atoms with Crippen molar-refractivity contribution in [1.82, 2.24) is 0 Å². The zero-order valence-corrected chi connectivity index (χ0v) is 18.2. The van der Waals surface area contributed by atoms with Crippen molar-refractivity contribution in [3.8, 4) is 0 Å². The number of non-ortho nitro benzene ring substituents is 2. The Labute approximate surface area is 198 Å². The van der Waals surface area contributed by atoms with Crippen LogP contribution in [-0.4, -0.2) is 27.5 Å². The Balaban J connectivity index is 1.66. The van der Waals surface area contributed by atoms with E-state index in [1.807, 2.05) is 0 Å². The van der Waals surface area contributed by atoms with Crippen LogP contribution in [0.25, 0.3) is 0 Å². The number of nitrogens with one attached hydrogen (secondary N) is 1. The molecule has 0 radical (unpaired) electrons. The van der Waals surface area contributed by atoms with Crippen molar-refractivity contribution in [2.24, 2.45) is 0 Å². The number of esters is 1. The molecule has 11 heteroatoms. The molecule has 11 nitrogen and oxygen atoms in total. The smallest absolute Gasteiger partial charge is 0.307 e. The average molecular weight is 477 g/mol. The minimum absolute atomic E-state index is 0.132. The summed E-state index contributed by atoms with van der Waals surface area (Å²) in [6.07, 6.45) is -1.96. The fraction of sp³-hybridized carbons (Fsp3) is 0.125. The van der Waals surface area contributed by atoms with Gasteiger partial charge in [-0.2, -0.15) is 0 Å². The molecule has 0 aliphatic carbocycles. The number of nitro groups is 2. The highest BCUT2D eigenvalue weighted by Crippen LogP contribution is 2.25. The van der Waals surface area contributed by atoms with Gasteiger partial charge in [0.15, 0.2) is 6.10 Å². The summed E-state index contributed by atoms with van der Waals surface area (Å²) in [5, 5.41) is 24.1. The lowest BCUT2D eigenvalue weighted by Gasteiger charge is -2.17. The quantitative estimate of drug-likeness (QED) is 0.195. The summed E-state index contributed by atoms with van der Waals surface area (Å²) >= 11 is 0. The van der Waals surface area contributed by atoms with E-state index in [1.165, 1.54) is 48.5 Å². The van der Waals surface area contributed by atoms with Crippen molar-refractivity contribution in [1.29, 1.82) is 0 Å². The highest BCUT2D eigenvalue weighted by atomic mass is 16.6. The van der Waals surface area contributed by atoms with E-state index in [1.54, 1.807) is 30.3 Å². The molecule has 0 spiro atoms. The van der Waals surface area contributed by atoms with E-state index in [4.69, 9.17) is 4.74 Å². The van der Waals surface area contributed by atoms with Crippen LogP contribution in [0.4, 0.5) is 17.1 Å². The Morgan fingerprint density at radius 1 is 0.771 bits per heavy atom. The number of hydrogen-bond acceptors (Lipinski definition) is 8. The first-order valence-corrected chi connectivity index (χ1v) is 10.3. The maximum absolute atomic E-state index is 13.0. The lowest BCUT2D eigenvalue weighted by molar-refractivity contribution is -0.385. The molecule has 0 aromatic heterocycles. The molecule has 35 heavy (non-hydrogen) atoms. The zero-order valence-electron chi connectivity index (χ0n) is 18.2. The minimum atomic E-state index is -1.36. The van der Waals surface area contributed by atoms with Crippen LogP contribution in [-0.2, 0) is 14.3 Å². The molecule has 0 fully saturated rings. The van der Waals surface area contributed by atoms with Crippen LogP contribution < -0.4 is 5.32 Å². The lowest BCUT2D eigenvalue weighted by Crippen LogP contribution is -2.21. The summed E-state index contributed by atoms with van der Waals surface area (Å²) in [5.41, 5.74) is 0.519. The molecule has 0 bridgehead atoms. The number of rotatable bonds is 10. The van der Waals surface area contributed by atoms with Crippen LogP contribution in [0.5, 0.6) is 0 Å². The van der Waals surface area contributed by atoms with Crippen molar-refractivity contribution in [2.75, 3.05) is 5.32 Å². The monoisotopic (exact) mass is 477 g/mol. The number of nitro benzene ring substituents is 2. The highest BCUT2D eigenvalue weighted by Gasteiger charge is 2.27. The molecule has 178 valence electrons. The maximum atomic E-state index is 13.0. The van der Waals surface area contributed by atoms with E-state index >= 15 is 0 Å². The van der Waals surface area contributed by atoms with Crippen LogP contribution in [0.15, 0.2) is 78.9 Å². The SMILES string of the molecule is O=C(CCC(=O)O[C@@H](C(=O)c1ccccc1)c1ccc([N+](=O)[O-])cc1)Nc1ccc([N+](=O)[O-])cc1. The van der Waals surface area contributed by atoms with Crippen molar-refractivity contribution in [3.05, 3.63) is 110 Å². The number of benzene rings is 3. The van der Waals surface area contributed by atoms with Crippen molar-refractivity contribution >= 4 is 34.7 Å². The van der Waals surface area contributed by atoms with Gasteiger partial charge in [0.05, 0.1) is 16.3 Å². The number of anilines is 1. The number of amides is 1. The van der Waals surface area contributed by atoms with Gasteiger partial charge in [-0.1, -0.05) is 30.3 Å². The van der Waals surface area contributed by atoms with E-state index in [9.17, 15) is 34.6 Å². The molecule has 1 amide bonds. The van der Waals surface area contributed by atoms with Crippen LogP contribution in [0.2, 0.25) is 0 Å². The van der Waals surface area contributed by atoms with Crippen LogP contribution >= 0.6 is 0 Å². The molecular formula is C24H19N3O8. The Kier molecular flexibility index (Phi) is 7.96. The van der Waals surface area contributed by atoms with Gasteiger partial charge in [0.2, 0.25) is 11.7 Å². The molecule has 1 atom stereocenters. The second-order valence-electron chi connectivity index (χ2n) is 7.30. The molecule has 0 unspecified atom stereocenters. The molecule has 0 saturated heterocycles. The molecular weight excluding hydrogens is 458 g/mol. The molecule has 0 heterocycles. The highest BCUT2D eigenvalue weighted by molar-refractivity contribution is 6.01. The van der Waals surface area contributed by atoms with Gasteiger partial charge in [-0.3, -0.25) is 34.6 Å². The summed E-state index contributed by atoms with van der Waals surface area (Å²) in [4.78, 5) is 58.1. The molecule has 0 aliphatic heterocycles. The zero-order chi connectivity index (χ0) is 25.4. The Hall–Kier alpha value is -4.93. The summed E-state index contributed by atoms with van der Waals surface area (Å²) < 4.78 is 5.38. The van der Waals surface area contributed by atoms with E-state index < -0.39 is 33.6 Å². The number of carbonyl (C=O) groups is 3. The van der Waals surface area contributed by atoms with E-state index in [0.717, 1.165) is 0 Å². The van der Waals surface area contributed by atoms with E-state index in [-0.39, 0.29) is 35.3 Å². The van der Waals surface area contributed by atoms with Gasteiger partial charge in [-0.05, 0) is 24.3 Å². The van der Waals surface area contributed by atoms with Gasteiger partial charge >= 0.3 is 5.97 Å². The molecule has 0 aliphatic rings. The topological polar surface area (TPSA) is 159 Å². The van der Waals surface area contributed by atoms with E-state index in [0.29, 0.717) is 5.69 Å². The number of ketones is 1. The van der Waals surface area contributed by atoms with Gasteiger partial charge in [-0.25, -0.2) is 0 Å². The third-order valence-corrected chi connectivity index (χ3v) is 4.87. The van der Waals surface area contributed by atoms with Gasteiger partial charge in [0, 0.05) is 47.5 Å². The summed E-state index contributed by atoms with van der Waals surface area (Å²) in [5.74, 6) is -1.88. The molecule has 3 aromatic rings. The van der Waals surface area contributed by atoms with Crippen LogP contribution in [0, 0.1) is 20.2 Å². The second-order valence-corrected chi connectivity index (χ2v) is 7.30. The van der Waals surface area contributed by atoms with Crippen molar-refractivity contribution in [3.63, 3.8) is 0 Å². The summed E-state index contributed by atoms with van der Waals surface area (Å²) in [6.45, 7) is 0. The number of ether oxygens (including phenoxy) is 1.